The van der Waals surface area contributed by atoms with Crippen molar-refractivity contribution in [1.29, 1.82) is 0 Å². The average molecular weight is 607 g/mol. The molecular formula is C35H37F3N2O4. The van der Waals surface area contributed by atoms with Gasteiger partial charge in [0.05, 0.1) is 23.8 Å². The minimum absolute atomic E-state index is 0.105. The molecule has 232 valence electrons. The smallest absolute Gasteiger partial charge is 0.392 e. The van der Waals surface area contributed by atoms with Gasteiger partial charge in [-0.3, -0.25) is 9.59 Å². The van der Waals surface area contributed by atoms with Crippen molar-refractivity contribution in [3.8, 4) is 5.88 Å². The Labute approximate surface area is 254 Å². The number of amides is 1. The molecule has 1 saturated carbocycles. The highest BCUT2D eigenvalue weighted by Gasteiger charge is 2.52. The fraction of sp³-hybridized carbons (Fsp3) is 0.371. The molecule has 1 amide bonds. The predicted octanol–water partition coefficient (Wildman–Crippen LogP) is 7.98. The number of benzene rings is 3. The molecule has 2 N–H and O–H groups in total. The van der Waals surface area contributed by atoms with Crippen LogP contribution >= 0.6 is 0 Å². The van der Waals surface area contributed by atoms with Gasteiger partial charge in [0.1, 0.15) is 5.60 Å². The van der Waals surface area contributed by atoms with Gasteiger partial charge in [-0.1, -0.05) is 61.5 Å². The molecule has 0 saturated heterocycles. The number of nitrogens with one attached hydrogen (secondary N) is 1. The zero-order valence-electron chi connectivity index (χ0n) is 25.2. The fourth-order valence-electron chi connectivity index (χ4n) is 5.56. The SMILES string of the molecule is C[C@@H]([C@@H](C(=O)Nc1cccc(CC2(C(=O)OC(C)(C)C)CC2)c1)c1ccc(Cn2cc3ccccc3c2O)cc1)C(F)(F)F. The maximum Gasteiger partial charge on any atom is 0.392 e. The summed E-state index contributed by atoms with van der Waals surface area (Å²) in [6.45, 7) is 6.77. The molecule has 1 aromatic heterocycles. The first-order valence-electron chi connectivity index (χ1n) is 14.7. The van der Waals surface area contributed by atoms with Crippen molar-refractivity contribution < 1.29 is 32.6 Å². The Morgan fingerprint density at radius 2 is 1.66 bits per heavy atom. The van der Waals surface area contributed by atoms with Gasteiger partial charge in [0, 0.05) is 22.7 Å². The summed E-state index contributed by atoms with van der Waals surface area (Å²) in [5, 5.41) is 14.9. The van der Waals surface area contributed by atoms with Gasteiger partial charge >= 0.3 is 12.1 Å². The van der Waals surface area contributed by atoms with E-state index in [4.69, 9.17) is 4.74 Å². The number of ether oxygens (including phenoxy) is 1. The standard InChI is InChI=1S/C35H37F3N2O4/c1-22(35(36,37)38)29(25-14-12-23(13-15-25)20-40-21-26-9-5-6-11-28(26)31(40)42)30(41)39-27-10-7-8-24(18-27)19-34(16-17-34)32(43)44-33(2,3)4/h5-15,18,21-22,29,42H,16-17,19-20H2,1-4H3,(H,39,41)/t22-,29+/m0/s1. The quantitative estimate of drug-likeness (QED) is 0.189. The van der Waals surface area contributed by atoms with E-state index in [1.165, 1.54) is 12.1 Å². The van der Waals surface area contributed by atoms with Crippen LogP contribution in [-0.4, -0.2) is 33.3 Å². The van der Waals surface area contributed by atoms with Crippen molar-refractivity contribution in [2.75, 3.05) is 5.32 Å². The Morgan fingerprint density at radius 1 is 0.977 bits per heavy atom. The third-order valence-electron chi connectivity index (χ3n) is 8.18. The molecule has 2 atom stereocenters. The Balaban J connectivity index is 1.33. The molecule has 6 nitrogen and oxygen atoms in total. The number of carbonyl (C=O) groups excluding carboxylic acids is 2. The molecule has 0 radical (unpaired) electrons. The van der Waals surface area contributed by atoms with Gasteiger partial charge in [-0.2, -0.15) is 13.2 Å². The second kappa shape index (κ2) is 11.7. The number of hydrogen-bond acceptors (Lipinski definition) is 4. The van der Waals surface area contributed by atoms with Crippen molar-refractivity contribution >= 4 is 28.3 Å². The largest absolute Gasteiger partial charge is 0.494 e. The van der Waals surface area contributed by atoms with E-state index < -0.39 is 34.9 Å². The molecule has 4 aromatic rings. The minimum Gasteiger partial charge on any atom is -0.494 e. The van der Waals surface area contributed by atoms with E-state index in [1.807, 2.05) is 57.3 Å². The molecule has 1 heterocycles. The number of aromatic nitrogens is 1. The summed E-state index contributed by atoms with van der Waals surface area (Å²) in [4.78, 5) is 26.3. The highest BCUT2D eigenvalue weighted by molar-refractivity contribution is 5.96. The highest BCUT2D eigenvalue weighted by Crippen LogP contribution is 2.50. The van der Waals surface area contributed by atoms with Crippen LogP contribution in [0, 0.1) is 11.3 Å². The molecule has 0 spiro atoms. The summed E-state index contributed by atoms with van der Waals surface area (Å²) in [7, 11) is 0. The van der Waals surface area contributed by atoms with E-state index in [0.29, 0.717) is 36.9 Å². The molecule has 3 aromatic carbocycles. The third-order valence-corrected chi connectivity index (χ3v) is 8.18. The number of fused-ring (bicyclic) bond motifs is 1. The maximum absolute atomic E-state index is 14.0. The van der Waals surface area contributed by atoms with Crippen LogP contribution in [0.3, 0.4) is 0 Å². The average Bonchev–Trinajstić information content (AvgIpc) is 3.66. The fourth-order valence-corrected chi connectivity index (χ4v) is 5.56. The first kappa shape index (κ1) is 31.2. The zero-order valence-corrected chi connectivity index (χ0v) is 25.2. The summed E-state index contributed by atoms with van der Waals surface area (Å²) in [6.07, 6.45) is -0.985. The lowest BCUT2D eigenvalue weighted by Crippen LogP contribution is -2.34. The summed E-state index contributed by atoms with van der Waals surface area (Å²) < 4.78 is 49.2. The Bertz CT molecular complexity index is 1660. The summed E-state index contributed by atoms with van der Waals surface area (Å²) in [6, 6.07) is 20.7. The van der Waals surface area contributed by atoms with Gasteiger partial charge in [-0.15, -0.1) is 0 Å². The Morgan fingerprint density at radius 3 is 2.27 bits per heavy atom. The number of carbonyl (C=O) groups is 2. The van der Waals surface area contributed by atoms with Gasteiger partial charge in [0.25, 0.3) is 0 Å². The number of anilines is 1. The van der Waals surface area contributed by atoms with E-state index in [0.717, 1.165) is 23.4 Å². The summed E-state index contributed by atoms with van der Waals surface area (Å²) in [5.74, 6) is -4.37. The van der Waals surface area contributed by atoms with E-state index in [2.05, 4.69) is 5.32 Å². The number of halogens is 3. The predicted molar refractivity (Wildman–Crippen MR) is 163 cm³/mol. The van der Waals surface area contributed by atoms with E-state index >= 15 is 0 Å². The zero-order chi connectivity index (χ0) is 31.9. The number of alkyl halides is 3. The second-order valence-electron chi connectivity index (χ2n) is 12.9. The van der Waals surface area contributed by atoms with Gasteiger partial charge < -0.3 is 19.7 Å². The molecule has 44 heavy (non-hydrogen) atoms. The second-order valence-corrected chi connectivity index (χ2v) is 12.9. The molecule has 0 unspecified atom stereocenters. The summed E-state index contributed by atoms with van der Waals surface area (Å²) >= 11 is 0. The third kappa shape index (κ3) is 6.93. The number of rotatable bonds is 9. The van der Waals surface area contributed by atoms with Crippen molar-refractivity contribution in [3.05, 3.63) is 95.7 Å². The molecule has 0 bridgehead atoms. The lowest BCUT2D eigenvalue weighted by molar-refractivity contribution is -0.178. The van der Waals surface area contributed by atoms with Crippen molar-refractivity contribution in [2.45, 2.75) is 71.2 Å². The lowest BCUT2D eigenvalue weighted by atomic mass is 9.85. The van der Waals surface area contributed by atoms with Gasteiger partial charge in [-0.05, 0) is 74.9 Å². The molecule has 0 aliphatic heterocycles. The Kier molecular flexibility index (Phi) is 8.27. The molecule has 5 rings (SSSR count). The number of nitrogens with zero attached hydrogens (tertiary/aromatic N) is 1. The Hall–Kier alpha value is -4.27. The lowest BCUT2D eigenvalue weighted by Gasteiger charge is -2.26. The van der Waals surface area contributed by atoms with Gasteiger partial charge in [0.2, 0.25) is 5.91 Å². The van der Waals surface area contributed by atoms with Crippen LogP contribution in [0.25, 0.3) is 10.8 Å². The van der Waals surface area contributed by atoms with Crippen LogP contribution in [0.1, 0.15) is 63.1 Å². The molecular weight excluding hydrogens is 569 g/mol. The van der Waals surface area contributed by atoms with Crippen molar-refractivity contribution in [3.63, 3.8) is 0 Å². The van der Waals surface area contributed by atoms with Crippen LogP contribution in [0.4, 0.5) is 18.9 Å². The normalized spacial score (nSPS) is 15.9. The summed E-state index contributed by atoms with van der Waals surface area (Å²) in [5.41, 5.74) is 0.917. The number of aromatic hydroxyl groups is 1. The molecule has 1 aliphatic carbocycles. The molecule has 1 fully saturated rings. The highest BCUT2D eigenvalue weighted by atomic mass is 19.4. The van der Waals surface area contributed by atoms with E-state index in [1.54, 1.807) is 34.9 Å². The van der Waals surface area contributed by atoms with Crippen LogP contribution < -0.4 is 5.32 Å². The van der Waals surface area contributed by atoms with Gasteiger partial charge in [-0.25, -0.2) is 0 Å². The van der Waals surface area contributed by atoms with E-state index in [9.17, 15) is 27.9 Å². The van der Waals surface area contributed by atoms with Crippen LogP contribution in [0.5, 0.6) is 5.88 Å². The van der Waals surface area contributed by atoms with E-state index in [-0.39, 0.29) is 17.4 Å². The monoisotopic (exact) mass is 606 g/mol. The van der Waals surface area contributed by atoms with Crippen LogP contribution in [0.15, 0.2) is 79.0 Å². The minimum atomic E-state index is -4.61. The molecule has 1 aliphatic rings. The van der Waals surface area contributed by atoms with Gasteiger partial charge in [0.15, 0.2) is 5.88 Å². The number of esters is 1. The van der Waals surface area contributed by atoms with Crippen molar-refractivity contribution in [1.82, 2.24) is 4.57 Å². The first-order chi connectivity index (χ1) is 20.6. The van der Waals surface area contributed by atoms with Crippen LogP contribution in [-0.2, 0) is 27.3 Å². The topological polar surface area (TPSA) is 80.6 Å². The maximum atomic E-state index is 14.0. The van der Waals surface area contributed by atoms with Crippen LogP contribution in [0.2, 0.25) is 0 Å². The number of hydrogen-bond donors (Lipinski definition) is 2. The van der Waals surface area contributed by atoms with Crippen molar-refractivity contribution in [2.24, 2.45) is 11.3 Å². The first-order valence-corrected chi connectivity index (χ1v) is 14.7. The molecule has 9 heteroatoms.